The second kappa shape index (κ2) is 4.25. The molecule has 0 bridgehead atoms. The van der Waals surface area contributed by atoms with Gasteiger partial charge in [-0.2, -0.15) is 0 Å². The second-order valence-electron chi connectivity index (χ2n) is 3.02. The van der Waals surface area contributed by atoms with Gasteiger partial charge in [-0.1, -0.05) is 42.3 Å². The molecule has 0 radical (unpaired) electrons. The lowest BCUT2D eigenvalue weighted by atomic mass is 10.4. The van der Waals surface area contributed by atoms with Crippen LogP contribution in [0.5, 0.6) is 0 Å². The molecule has 0 amide bonds. The van der Waals surface area contributed by atoms with Gasteiger partial charge >= 0.3 is 0 Å². The van der Waals surface area contributed by atoms with Crippen LogP contribution < -0.4 is 0 Å². The molecule has 1 heteroatoms. The highest BCUT2D eigenvalue weighted by Gasteiger charge is 1.97. The van der Waals surface area contributed by atoms with Gasteiger partial charge in [-0.3, -0.25) is 0 Å². The average molecular weight is 200 g/mol. The Hall–Kier alpha value is -1.34. The van der Waals surface area contributed by atoms with Gasteiger partial charge < -0.3 is 0 Å². The summed E-state index contributed by atoms with van der Waals surface area (Å²) in [6.45, 7) is 0. The first-order valence-electron chi connectivity index (χ1n) is 4.52. The van der Waals surface area contributed by atoms with Crippen LogP contribution in [0, 0.1) is 0 Å². The fourth-order valence-electron chi connectivity index (χ4n) is 1.31. The SMILES string of the molecule is C=S(c1ccccc1)c1ccccc1. The first-order chi connectivity index (χ1) is 6.88. The molecule has 0 aliphatic rings. The van der Waals surface area contributed by atoms with E-state index < -0.39 is 0 Å². The van der Waals surface area contributed by atoms with Crippen LogP contribution in [0.2, 0.25) is 0 Å². The Labute approximate surface area is 87.1 Å². The molecule has 0 unspecified atom stereocenters. The maximum Gasteiger partial charge on any atom is 0.00563 e. The highest BCUT2D eigenvalue weighted by atomic mass is 32.2. The lowest BCUT2D eigenvalue weighted by Crippen LogP contribution is -1.75. The molecule has 0 N–H and O–H groups in total. The van der Waals surface area contributed by atoms with E-state index in [2.05, 4.69) is 54.4 Å². The van der Waals surface area contributed by atoms with Crippen molar-refractivity contribution < 1.29 is 0 Å². The van der Waals surface area contributed by atoms with Crippen LogP contribution in [0.15, 0.2) is 70.5 Å². The molecule has 0 heterocycles. The molecule has 0 aromatic heterocycles. The molecule has 0 fully saturated rings. The Morgan fingerprint density at radius 1 is 0.643 bits per heavy atom. The molecular formula is C13H12S. The zero-order valence-electron chi connectivity index (χ0n) is 7.89. The van der Waals surface area contributed by atoms with Crippen molar-refractivity contribution >= 4 is 16.4 Å². The van der Waals surface area contributed by atoms with Gasteiger partial charge in [0, 0.05) is 9.79 Å². The molecule has 14 heavy (non-hydrogen) atoms. The molecule has 0 atom stereocenters. The van der Waals surface area contributed by atoms with Crippen molar-refractivity contribution in [3.63, 3.8) is 0 Å². The zero-order valence-corrected chi connectivity index (χ0v) is 8.71. The smallest absolute Gasteiger partial charge is 0.00563 e. The second-order valence-corrected chi connectivity index (χ2v) is 4.74. The zero-order chi connectivity index (χ0) is 9.80. The van der Waals surface area contributed by atoms with E-state index in [0.717, 1.165) is 0 Å². The third-order valence-corrected chi connectivity index (χ3v) is 3.74. The van der Waals surface area contributed by atoms with Crippen molar-refractivity contribution in [3.8, 4) is 0 Å². The molecule has 2 rings (SSSR count). The standard InChI is InChI=1S/C13H12S/c1-14(12-8-4-2-5-9-12)13-10-6-3-7-11-13/h2-11H,1H2. The Kier molecular flexibility index (Phi) is 2.80. The monoisotopic (exact) mass is 200 g/mol. The van der Waals surface area contributed by atoms with Gasteiger partial charge in [-0.15, -0.1) is 10.5 Å². The van der Waals surface area contributed by atoms with Crippen LogP contribution >= 0.6 is 10.5 Å². The Morgan fingerprint density at radius 3 is 1.36 bits per heavy atom. The fraction of sp³-hybridized carbons (Fsp3) is 0. The normalized spacial score (nSPS) is 10.4. The predicted octanol–water partition coefficient (Wildman–Crippen LogP) is 3.81. The van der Waals surface area contributed by atoms with Crippen LogP contribution in [0.1, 0.15) is 0 Å². The molecule has 2 aromatic carbocycles. The summed E-state index contributed by atoms with van der Waals surface area (Å²) in [6, 6.07) is 20.8. The number of rotatable bonds is 2. The van der Waals surface area contributed by atoms with Gasteiger partial charge in [0.1, 0.15) is 0 Å². The number of hydrogen-bond donors (Lipinski definition) is 0. The van der Waals surface area contributed by atoms with Crippen LogP contribution in [0.25, 0.3) is 0 Å². The maximum absolute atomic E-state index is 4.21. The van der Waals surface area contributed by atoms with E-state index in [4.69, 9.17) is 0 Å². The van der Waals surface area contributed by atoms with Crippen molar-refractivity contribution in [2.45, 2.75) is 9.79 Å². The molecule has 0 saturated carbocycles. The summed E-state index contributed by atoms with van der Waals surface area (Å²) >= 11 is 0. The quantitative estimate of drug-likeness (QED) is 0.647. The molecular weight excluding hydrogens is 188 g/mol. The van der Waals surface area contributed by atoms with Crippen molar-refractivity contribution in [1.82, 2.24) is 0 Å². The third-order valence-electron chi connectivity index (χ3n) is 2.06. The fourth-order valence-corrected chi connectivity index (χ4v) is 2.55. The highest BCUT2D eigenvalue weighted by Crippen LogP contribution is 2.32. The van der Waals surface area contributed by atoms with E-state index in [-0.39, 0.29) is 10.5 Å². The van der Waals surface area contributed by atoms with Gasteiger partial charge in [-0.05, 0) is 24.3 Å². The highest BCUT2D eigenvalue weighted by molar-refractivity contribution is 8.14. The van der Waals surface area contributed by atoms with Crippen molar-refractivity contribution in [2.75, 3.05) is 0 Å². The van der Waals surface area contributed by atoms with Crippen LogP contribution in [0.3, 0.4) is 0 Å². The summed E-state index contributed by atoms with van der Waals surface area (Å²) in [5, 5.41) is 0. The van der Waals surface area contributed by atoms with Gasteiger partial charge in [-0.25, -0.2) is 0 Å². The van der Waals surface area contributed by atoms with Crippen molar-refractivity contribution in [2.24, 2.45) is 0 Å². The maximum atomic E-state index is 4.21. The van der Waals surface area contributed by atoms with E-state index >= 15 is 0 Å². The minimum absolute atomic E-state index is 0.0468. The Balaban J connectivity index is 2.35. The summed E-state index contributed by atoms with van der Waals surface area (Å²) in [5.74, 6) is 4.21. The first-order valence-corrected chi connectivity index (χ1v) is 5.91. The lowest BCUT2D eigenvalue weighted by Gasteiger charge is -2.06. The van der Waals surface area contributed by atoms with E-state index in [0.29, 0.717) is 0 Å². The molecule has 70 valence electrons. The summed E-state index contributed by atoms with van der Waals surface area (Å²) in [5.41, 5.74) is 0. The summed E-state index contributed by atoms with van der Waals surface area (Å²) < 4.78 is 0. The molecule has 0 aliphatic carbocycles. The molecule has 2 aromatic rings. The number of hydrogen-bond acceptors (Lipinski definition) is 0. The van der Waals surface area contributed by atoms with Gasteiger partial charge in [0.15, 0.2) is 0 Å². The van der Waals surface area contributed by atoms with Crippen LogP contribution in [-0.2, 0) is 0 Å². The summed E-state index contributed by atoms with van der Waals surface area (Å²) in [4.78, 5) is 2.58. The molecule has 0 spiro atoms. The van der Waals surface area contributed by atoms with Gasteiger partial charge in [0.25, 0.3) is 0 Å². The Bertz CT molecular complexity index is 376. The Morgan fingerprint density at radius 2 is 1.00 bits per heavy atom. The minimum Gasteiger partial charge on any atom is -0.131 e. The lowest BCUT2D eigenvalue weighted by molar-refractivity contribution is 1.40. The first kappa shape index (κ1) is 9.22. The summed E-state index contributed by atoms with van der Waals surface area (Å²) in [6.07, 6.45) is 0. The number of benzene rings is 2. The average Bonchev–Trinajstić information content (AvgIpc) is 2.30. The van der Waals surface area contributed by atoms with Crippen molar-refractivity contribution in [3.05, 3.63) is 60.7 Å². The van der Waals surface area contributed by atoms with Crippen LogP contribution in [-0.4, -0.2) is 5.87 Å². The predicted molar refractivity (Wildman–Crippen MR) is 64.1 cm³/mol. The largest absolute Gasteiger partial charge is 0.131 e. The molecule has 0 saturated heterocycles. The van der Waals surface area contributed by atoms with Crippen LogP contribution in [0.4, 0.5) is 0 Å². The molecule has 0 aliphatic heterocycles. The van der Waals surface area contributed by atoms with E-state index in [9.17, 15) is 0 Å². The minimum atomic E-state index is -0.0468. The molecule has 0 nitrogen and oxygen atoms in total. The summed E-state index contributed by atoms with van der Waals surface area (Å²) in [7, 11) is -0.0468. The van der Waals surface area contributed by atoms with E-state index in [1.807, 2.05) is 12.1 Å². The van der Waals surface area contributed by atoms with Crippen molar-refractivity contribution in [1.29, 1.82) is 0 Å². The van der Waals surface area contributed by atoms with Gasteiger partial charge in [0.05, 0.1) is 0 Å². The van der Waals surface area contributed by atoms with E-state index in [1.54, 1.807) is 0 Å². The third kappa shape index (κ3) is 1.94. The van der Waals surface area contributed by atoms with Gasteiger partial charge in [0.2, 0.25) is 0 Å². The van der Waals surface area contributed by atoms with E-state index in [1.165, 1.54) is 9.79 Å². The topological polar surface area (TPSA) is 0 Å².